The molecule has 0 aliphatic rings. The van der Waals surface area contributed by atoms with Crippen LogP contribution in [0, 0.1) is 0 Å². The van der Waals surface area contributed by atoms with E-state index in [0.717, 1.165) is 12.3 Å². The maximum atomic E-state index is 13.6. The molecule has 0 aliphatic heterocycles. The smallest absolute Gasteiger partial charge is 0.790 e. The van der Waals surface area contributed by atoms with Crippen molar-refractivity contribution >= 4 is 25.3 Å². The second-order valence-electron chi connectivity index (χ2n) is 8.46. The molecule has 3 heterocycles. The zero-order valence-corrected chi connectivity index (χ0v) is 30.7. The van der Waals surface area contributed by atoms with Crippen LogP contribution in [0.1, 0.15) is 22.0 Å². The molecule has 0 radical (unpaired) electrons. The predicted molar refractivity (Wildman–Crippen MR) is 127 cm³/mol. The molecule has 0 unspecified atom stereocenters. The number of phosphoric acid groups is 1. The van der Waals surface area contributed by atoms with E-state index >= 15 is 0 Å². The van der Waals surface area contributed by atoms with Crippen molar-refractivity contribution in [2.45, 2.75) is 31.5 Å². The average Bonchev–Trinajstić information content (AvgIpc) is 3.44. The third kappa shape index (κ3) is 10.1. The Kier molecular flexibility index (Phi) is 14.0. The van der Waals surface area contributed by atoms with Gasteiger partial charge in [-0.15, -0.1) is 10.2 Å². The zero-order valence-electron chi connectivity index (χ0n) is 22.8. The summed E-state index contributed by atoms with van der Waals surface area (Å²) in [5.41, 5.74) is 2.57. The summed E-state index contributed by atoms with van der Waals surface area (Å²) in [7, 11) is -6.20. The standard InChI is InChI=1S/C21H16ClF6N8O6P.2K/c22-11-5-3-10(4-6-11)16-33-35(19(38)34(16)8-13(21(26,27)28)42-43(39,40)41)9-14-31-18(15(29)37)36(32-14)17-12(20(23,24)25)2-1-7-30-17;;/h1-7,13H,8-9H2,(H2,29,37)(H2,39,40,41);;/q;2*+1/p-2/t13-;;/m0../s1. The van der Waals surface area contributed by atoms with Gasteiger partial charge in [0.05, 0.1) is 14.4 Å². The van der Waals surface area contributed by atoms with E-state index in [0.29, 0.717) is 20.0 Å². The molecule has 4 rings (SSSR count). The van der Waals surface area contributed by atoms with Crippen molar-refractivity contribution in [3.63, 3.8) is 0 Å². The van der Waals surface area contributed by atoms with Crippen molar-refractivity contribution in [3.8, 4) is 17.2 Å². The molecule has 14 nitrogen and oxygen atoms in total. The molecule has 24 heteroatoms. The van der Waals surface area contributed by atoms with Crippen molar-refractivity contribution in [1.29, 1.82) is 0 Å². The van der Waals surface area contributed by atoms with Gasteiger partial charge in [0.25, 0.3) is 5.91 Å². The summed E-state index contributed by atoms with van der Waals surface area (Å²) in [6.07, 6.45) is -12.7. The molecule has 0 aliphatic carbocycles. The number of hydrogen-bond acceptors (Lipinski definition) is 10. The van der Waals surface area contributed by atoms with Crippen LogP contribution >= 0.6 is 19.4 Å². The molecule has 0 spiro atoms. The number of hydrogen-bond donors (Lipinski definition) is 1. The number of rotatable bonds is 9. The minimum absolute atomic E-state index is 0. The first-order chi connectivity index (χ1) is 19.8. The number of alkyl halides is 6. The topological polar surface area (TPSA) is 199 Å². The van der Waals surface area contributed by atoms with Gasteiger partial charge in [0, 0.05) is 16.8 Å². The Morgan fingerprint density at radius 1 is 1.07 bits per heavy atom. The summed E-state index contributed by atoms with van der Waals surface area (Å²) in [6, 6.07) is 6.69. The SMILES string of the molecule is NC(=O)c1nc(Cn2nc(-c3ccc(Cl)cc3)n(C[C@H](OP(=O)([O-])[O-])C(F)(F)F)c2=O)nn1-c1ncccc1C(F)(F)F.[K+].[K+]. The first-order valence-corrected chi connectivity index (χ1v) is 13.2. The Bertz CT molecular complexity index is 1780. The Balaban J connectivity index is 0.00000353. The summed E-state index contributed by atoms with van der Waals surface area (Å²) < 4.78 is 97.2. The van der Waals surface area contributed by atoms with Crippen LogP contribution in [0.3, 0.4) is 0 Å². The van der Waals surface area contributed by atoms with Crippen LogP contribution in [-0.2, 0) is 28.4 Å². The zero-order chi connectivity index (χ0) is 31.9. The Hall–Kier alpha value is -0.827. The molecule has 0 saturated heterocycles. The molecule has 1 amide bonds. The quantitative estimate of drug-likeness (QED) is 0.0991. The third-order valence-corrected chi connectivity index (χ3v) is 6.22. The molecule has 1 atom stereocenters. The minimum atomic E-state index is -6.20. The molecular weight excluding hydrogens is 719 g/mol. The van der Waals surface area contributed by atoms with Crippen LogP contribution in [0.4, 0.5) is 26.3 Å². The number of nitrogens with zero attached hydrogens (tertiary/aromatic N) is 7. The minimum Gasteiger partial charge on any atom is -0.790 e. The van der Waals surface area contributed by atoms with Gasteiger partial charge in [0.2, 0.25) is 5.82 Å². The van der Waals surface area contributed by atoms with E-state index in [1.54, 1.807) is 0 Å². The van der Waals surface area contributed by atoms with Crippen molar-refractivity contribution in [1.82, 2.24) is 34.1 Å². The van der Waals surface area contributed by atoms with Crippen LogP contribution in [0.2, 0.25) is 5.02 Å². The molecule has 0 bridgehead atoms. The van der Waals surface area contributed by atoms with E-state index in [2.05, 4.69) is 24.7 Å². The summed E-state index contributed by atoms with van der Waals surface area (Å²) in [4.78, 5) is 54.5. The van der Waals surface area contributed by atoms with Gasteiger partial charge in [-0.05, 0) is 36.4 Å². The number of aromatic nitrogens is 7. The average molecular weight is 733 g/mol. The van der Waals surface area contributed by atoms with Gasteiger partial charge in [-0.2, -0.15) is 31.0 Å². The fourth-order valence-corrected chi connectivity index (χ4v) is 4.31. The fourth-order valence-electron chi connectivity index (χ4n) is 3.69. The monoisotopic (exact) mass is 732 g/mol. The number of pyridine rings is 1. The van der Waals surface area contributed by atoms with Gasteiger partial charge in [0.15, 0.2) is 23.6 Å². The molecule has 0 fully saturated rings. The van der Waals surface area contributed by atoms with Crippen LogP contribution in [-0.4, -0.2) is 52.3 Å². The fraction of sp³-hybridized carbons (Fsp3) is 0.238. The van der Waals surface area contributed by atoms with Gasteiger partial charge in [-0.1, -0.05) is 11.6 Å². The maximum absolute atomic E-state index is 13.6. The molecule has 0 saturated carbocycles. The van der Waals surface area contributed by atoms with Crippen molar-refractivity contribution < 1.29 is 153 Å². The Labute approximate surface area is 337 Å². The number of benzene rings is 1. The number of carbonyl (C=O) groups is 1. The Morgan fingerprint density at radius 3 is 2.22 bits per heavy atom. The van der Waals surface area contributed by atoms with E-state index in [1.165, 1.54) is 24.3 Å². The first kappa shape index (κ1) is 40.3. The second kappa shape index (κ2) is 15.6. The van der Waals surface area contributed by atoms with E-state index in [9.17, 15) is 50.3 Å². The molecule has 1 aromatic carbocycles. The summed E-state index contributed by atoms with van der Waals surface area (Å²) in [5, 5.41) is 7.89. The summed E-state index contributed by atoms with van der Waals surface area (Å²) >= 11 is 5.84. The van der Waals surface area contributed by atoms with Gasteiger partial charge >= 0.3 is 121 Å². The van der Waals surface area contributed by atoms with E-state index < -0.39 is 79.8 Å². The van der Waals surface area contributed by atoms with Crippen molar-refractivity contribution in [3.05, 3.63) is 75.3 Å². The third-order valence-electron chi connectivity index (χ3n) is 5.45. The number of amides is 1. The summed E-state index contributed by atoms with van der Waals surface area (Å²) in [6.45, 7) is -2.40. The summed E-state index contributed by atoms with van der Waals surface area (Å²) in [5.74, 6) is -4.12. The number of nitrogens with two attached hydrogens (primary N) is 1. The van der Waals surface area contributed by atoms with Crippen molar-refractivity contribution in [2.75, 3.05) is 0 Å². The number of primary amides is 1. The molecule has 45 heavy (non-hydrogen) atoms. The molecule has 2 N–H and O–H groups in total. The van der Waals surface area contributed by atoms with Crippen LogP contribution in [0.25, 0.3) is 17.2 Å². The normalized spacial score (nSPS) is 12.7. The maximum Gasteiger partial charge on any atom is 1.00 e. The van der Waals surface area contributed by atoms with Crippen molar-refractivity contribution in [2.24, 2.45) is 5.73 Å². The van der Waals surface area contributed by atoms with E-state index in [4.69, 9.17) is 17.3 Å². The molecule has 4 aromatic rings. The van der Waals surface area contributed by atoms with E-state index in [-0.39, 0.29) is 113 Å². The van der Waals surface area contributed by atoms with Gasteiger partial charge in [0.1, 0.15) is 12.1 Å². The number of phosphoric ester groups is 1. The van der Waals surface area contributed by atoms with E-state index in [1.807, 2.05) is 0 Å². The largest absolute Gasteiger partial charge is 1.00 e. The predicted octanol–water partition coefficient (Wildman–Crippen LogP) is -4.71. The molecular formula is C21H14ClF6K2N8O6P. The number of carbonyl (C=O) groups excluding carboxylic acids is 1. The van der Waals surface area contributed by atoms with Gasteiger partial charge < -0.3 is 24.6 Å². The van der Waals surface area contributed by atoms with Gasteiger partial charge in [-0.3, -0.25) is 9.36 Å². The molecule has 230 valence electrons. The first-order valence-electron chi connectivity index (χ1n) is 11.3. The van der Waals surface area contributed by atoms with Crippen LogP contribution in [0.5, 0.6) is 0 Å². The number of halogens is 7. The van der Waals surface area contributed by atoms with Crippen LogP contribution in [0.15, 0.2) is 47.4 Å². The van der Waals surface area contributed by atoms with Gasteiger partial charge in [-0.25, -0.2) is 19.4 Å². The Morgan fingerprint density at radius 2 is 1.69 bits per heavy atom. The molecule has 3 aromatic heterocycles. The second-order valence-corrected chi connectivity index (χ2v) is 10.0. The van der Waals surface area contributed by atoms with Crippen LogP contribution < -0.4 is 124 Å².